The van der Waals surface area contributed by atoms with Gasteiger partial charge in [0.15, 0.2) is 0 Å². The summed E-state index contributed by atoms with van der Waals surface area (Å²) in [5, 5.41) is 14.2. The Morgan fingerprint density at radius 1 is 1.12 bits per heavy atom. The smallest absolute Gasteiger partial charge is 0.251 e. The molecule has 182 valence electrons. The maximum atomic E-state index is 12.6. The van der Waals surface area contributed by atoms with Gasteiger partial charge in [-0.05, 0) is 80.7 Å². The Morgan fingerprint density at radius 3 is 2.44 bits per heavy atom. The fraction of sp³-hybridized carbons (Fsp3) is 0.500. The Labute approximate surface area is 202 Å². The van der Waals surface area contributed by atoms with E-state index in [1.165, 1.54) is 0 Å². The second kappa shape index (κ2) is 9.88. The Hall–Kier alpha value is -2.70. The number of aliphatic hydroxyl groups is 1. The van der Waals surface area contributed by atoms with Crippen LogP contribution in [-0.4, -0.2) is 46.5 Å². The highest BCUT2D eigenvalue weighted by Crippen LogP contribution is 2.35. The molecule has 1 atom stereocenters. The van der Waals surface area contributed by atoms with Gasteiger partial charge in [0.25, 0.3) is 5.91 Å². The summed E-state index contributed by atoms with van der Waals surface area (Å²) in [4.78, 5) is 26.9. The molecule has 2 aromatic rings. The van der Waals surface area contributed by atoms with E-state index >= 15 is 0 Å². The van der Waals surface area contributed by atoms with Crippen molar-refractivity contribution >= 4 is 11.8 Å². The lowest BCUT2D eigenvalue weighted by Crippen LogP contribution is -2.46. The van der Waals surface area contributed by atoms with Crippen LogP contribution in [0, 0.1) is 0 Å². The number of amides is 2. The minimum Gasteiger partial charge on any atom is -0.385 e. The summed E-state index contributed by atoms with van der Waals surface area (Å²) in [5.74, 6) is 0.0214. The molecule has 0 aliphatic heterocycles. The third-order valence-electron chi connectivity index (χ3n) is 6.96. The summed E-state index contributed by atoms with van der Waals surface area (Å²) < 4.78 is 0. The molecule has 0 aromatic heterocycles. The van der Waals surface area contributed by atoms with Crippen LogP contribution in [0.4, 0.5) is 0 Å². The summed E-state index contributed by atoms with van der Waals surface area (Å²) in [6.45, 7) is 5.19. The lowest BCUT2D eigenvalue weighted by molar-refractivity contribution is -0.133. The summed E-state index contributed by atoms with van der Waals surface area (Å²) in [6, 6.07) is 15.8. The molecule has 0 saturated heterocycles. The second-order valence-corrected chi connectivity index (χ2v) is 10.2. The van der Waals surface area contributed by atoms with Crippen LogP contribution in [0.3, 0.4) is 0 Å². The van der Waals surface area contributed by atoms with Crippen molar-refractivity contribution in [1.29, 1.82) is 0 Å². The van der Waals surface area contributed by atoms with Gasteiger partial charge in [0.1, 0.15) is 0 Å². The Bertz CT molecular complexity index is 1020. The zero-order chi connectivity index (χ0) is 24.3. The number of hydrogen-bond donors (Lipinski definition) is 3. The molecular weight excluding hydrogens is 426 g/mol. The zero-order valence-electron chi connectivity index (χ0n) is 20.3. The molecule has 4 N–H and O–H groups in total. The predicted molar refractivity (Wildman–Crippen MR) is 134 cm³/mol. The molecule has 4 rings (SSSR count). The standard InChI is InChI=1S/C28H37N3O3/c1-3-17-31(26(33)28(29)15-16-28)18-5-14-27(2,34)23-10-8-20(9-11-23)21-6-4-7-22(19-21)25(32)30-24-12-13-24/h4,6-11,19,24,34H,3,5,12-18,29H2,1-2H3,(H,30,32). The van der Waals surface area contributed by atoms with Crippen LogP contribution in [0.1, 0.15) is 74.7 Å². The van der Waals surface area contributed by atoms with Gasteiger partial charge in [-0.15, -0.1) is 0 Å². The molecule has 0 bridgehead atoms. The summed E-state index contributed by atoms with van der Waals surface area (Å²) in [5.41, 5.74) is 7.95. The fourth-order valence-corrected chi connectivity index (χ4v) is 4.36. The first-order chi connectivity index (χ1) is 16.2. The van der Waals surface area contributed by atoms with Gasteiger partial charge in [-0.3, -0.25) is 9.59 Å². The van der Waals surface area contributed by atoms with Gasteiger partial charge in [-0.25, -0.2) is 0 Å². The van der Waals surface area contributed by atoms with Crippen LogP contribution in [0.5, 0.6) is 0 Å². The molecule has 2 aliphatic carbocycles. The lowest BCUT2D eigenvalue weighted by atomic mass is 9.89. The molecule has 6 heteroatoms. The van der Waals surface area contributed by atoms with Crippen LogP contribution in [0.2, 0.25) is 0 Å². The minimum atomic E-state index is -0.995. The maximum Gasteiger partial charge on any atom is 0.251 e. The molecular formula is C28H37N3O3. The molecule has 2 saturated carbocycles. The first-order valence-electron chi connectivity index (χ1n) is 12.5. The summed E-state index contributed by atoms with van der Waals surface area (Å²) in [7, 11) is 0. The molecule has 1 unspecified atom stereocenters. The lowest BCUT2D eigenvalue weighted by Gasteiger charge is -2.28. The van der Waals surface area contributed by atoms with Gasteiger partial charge >= 0.3 is 0 Å². The largest absolute Gasteiger partial charge is 0.385 e. The maximum absolute atomic E-state index is 12.6. The van der Waals surface area contributed by atoms with Crippen molar-refractivity contribution < 1.29 is 14.7 Å². The van der Waals surface area contributed by atoms with Crippen LogP contribution < -0.4 is 11.1 Å². The van der Waals surface area contributed by atoms with Crippen molar-refractivity contribution in [3.05, 3.63) is 59.7 Å². The molecule has 0 spiro atoms. The number of carbonyl (C=O) groups excluding carboxylic acids is 2. The Morgan fingerprint density at radius 2 is 1.82 bits per heavy atom. The van der Waals surface area contributed by atoms with E-state index < -0.39 is 11.1 Å². The quantitative estimate of drug-likeness (QED) is 0.470. The number of benzene rings is 2. The molecule has 2 fully saturated rings. The molecule has 34 heavy (non-hydrogen) atoms. The van der Waals surface area contributed by atoms with Crippen molar-refractivity contribution in [2.75, 3.05) is 13.1 Å². The average Bonchev–Trinajstić information content (AvgIpc) is 3.77. The first kappa shape index (κ1) is 24.4. The highest BCUT2D eigenvalue weighted by atomic mass is 16.3. The van der Waals surface area contributed by atoms with Gasteiger partial charge in [-0.1, -0.05) is 43.3 Å². The van der Waals surface area contributed by atoms with Crippen molar-refractivity contribution in [2.24, 2.45) is 5.73 Å². The third-order valence-corrected chi connectivity index (χ3v) is 6.96. The molecule has 0 radical (unpaired) electrons. The van der Waals surface area contributed by atoms with Gasteiger partial charge < -0.3 is 21.1 Å². The number of hydrogen-bond acceptors (Lipinski definition) is 4. The predicted octanol–water partition coefficient (Wildman–Crippen LogP) is 3.96. The third kappa shape index (κ3) is 5.86. The average molecular weight is 464 g/mol. The number of rotatable bonds is 11. The minimum absolute atomic E-state index is 0.0262. The highest BCUT2D eigenvalue weighted by molar-refractivity contribution is 5.95. The Kier molecular flexibility index (Phi) is 7.10. The van der Waals surface area contributed by atoms with E-state index in [-0.39, 0.29) is 11.8 Å². The normalized spacial score (nSPS) is 18.1. The Balaban J connectivity index is 1.36. The first-order valence-corrected chi connectivity index (χ1v) is 12.5. The number of nitrogens with two attached hydrogens (primary N) is 1. The van der Waals surface area contributed by atoms with E-state index in [2.05, 4.69) is 12.2 Å². The summed E-state index contributed by atoms with van der Waals surface area (Å²) >= 11 is 0. The highest BCUT2D eigenvalue weighted by Gasteiger charge is 2.47. The van der Waals surface area contributed by atoms with E-state index in [9.17, 15) is 14.7 Å². The van der Waals surface area contributed by atoms with Gasteiger partial charge in [0.2, 0.25) is 5.91 Å². The van der Waals surface area contributed by atoms with Crippen molar-refractivity contribution in [3.8, 4) is 11.1 Å². The number of nitrogens with zero attached hydrogens (tertiary/aromatic N) is 1. The van der Waals surface area contributed by atoms with Crippen LogP contribution >= 0.6 is 0 Å². The topological polar surface area (TPSA) is 95.7 Å². The van der Waals surface area contributed by atoms with Gasteiger partial charge in [-0.2, -0.15) is 0 Å². The molecule has 0 heterocycles. The van der Waals surface area contributed by atoms with Crippen molar-refractivity contribution in [1.82, 2.24) is 10.2 Å². The molecule has 2 aromatic carbocycles. The van der Waals surface area contributed by atoms with Gasteiger partial charge in [0.05, 0.1) is 11.1 Å². The van der Waals surface area contributed by atoms with E-state index in [1.807, 2.05) is 60.4 Å². The summed E-state index contributed by atoms with van der Waals surface area (Å²) in [6.07, 6.45) is 5.81. The van der Waals surface area contributed by atoms with E-state index in [1.54, 1.807) is 0 Å². The monoisotopic (exact) mass is 463 g/mol. The van der Waals surface area contributed by atoms with E-state index in [4.69, 9.17) is 5.73 Å². The fourth-order valence-electron chi connectivity index (χ4n) is 4.36. The van der Waals surface area contributed by atoms with Crippen molar-refractivity contribution in [2.45, 2.75) is 76.0 Å². The molecule has 2 amide bonds. The van der Waals surface area contributed by atoms with E-state index in [0.717, 1.165) is 48.8 Å². The zero-order valence-corrected chi connectivity index (χ0v) is 20.3. The van der Waals surface area contributed by atoms with Gasteiger partial charge in [0, 0.05) is 24.7 Å². The number of carbonyl (C=O) groups is 2. The molecule has 6 nitrogen and oxygen atoms in total. The number of nitrogens with one attached hydrogen (secondary N) is 1. The van der Waals surface area contributed by atoms with Crippen LogP contribution in [-0.2, 0) is 10.4 Å². The van der Waals surface area contributed by atoms with Crippen molar-refractivity contribution in [3.63, 3.8) is 0 Å². The second-order valence-electron chi connectivity index (χ2n) is 10.2. The van der Waals surface area contributed by atoms with E-state index in [0.29, 0.717) is 37.5 Å². The van der Waals surface area contributed by atoms with Crippen LogP contribution in [0.15, 0.2) is 48.5 Å². The SMILES string of the molecule is CCCN(CCCC(C)(O)c1ccc(-c2cccc(C(=O)NC3CC3)c2)cc1)C(=O)C1(N)CC1. The molecule has 2 aliphatic rings. The van der Waals surface area contributed by atoms with Crippen LogP contribution in [0.25, 0.3) is 11.1 Å².